The standard InChI is InChI=1S/C7H6OS.C6H5.Bi/c8-7(9)6-4-2-1-3-5-6;1-2-4-6-5-3-1;/h1-5H,(H,8,9);1-5H;/q;;+2. The van der Waals surface area contributed by atoms with Gasteiger partial charge in [-0.3, -0.25) is 4.79 Å². The normalized spacial score (nSPS) is 8.81. The number of benzene rings is 2. The summed E-state index contributed by atoms with van der Waals surface area (Å²) < 4.78 is 1.43. The molecule has 2 aromatic rings. The molecule has 2 aromatic carbocycles. The summed E-state index contributed by atoms with van der Waals surface area (Å²) in [6, 6.07) is 19.4. The second kappa shape index (κ2) is 7.59. The van der Waals surface area contributed by atoms with Crippen molar-refractivity contribution >= 4 is 45.7 Å². The summed E-state index contributed by atoms with van der Waals surface area (Å²) in [5, 5.41) is -0.185. The van der Waals surface area contributed by atoms with Gasteiger partial charge in [-0.15, -0.1) is 12.6 Å². The molecule has 0 unspecified atom stereocenters. The fourth-order valence-electron chi connectivity index (χ4n) is 1.01. The summed E-state index contributed by atoms with van der Waals surface area (Å²) in [4.78, 5) is 10.5. The number of rotatable bonds is 1. The first kappa shape index (κ1) is 13.4. The molecule has 2 rings (SSSR count). The average molecular weight is 424 g/mol. The van der Waals surface area contributed by atoms with Gasteiger partial charge in [-0.25, -0.2) is 0 Å². The fraction of sp³-hybridized carbons (Fsp3) is 0. The second-order valence-electron chi connectivity index (χ2n) is 3.01. The van der Waals surface area contributed by atoms with Crippen molar-refractivity contribution in [3.05, 3.63) is 66.2 Å². The molecule has 0 aromatic heterocycles. The average Bonchev–Trinajstić information content (AvgIpc) is 2.32. The van der Waals surface area contributed by atoms with Crippen molar-refractivity contribution in [2.75, 3.05) is 0 Å². The Morgan fingerprint density at radius 1 is 0.875 bits per heavy atom. The third kappa shape index (κ3) is 5.43. The van der Waals surface area contributed by atoms with E-state index in [2.05, 4.69) is 36.9 Å². The van der Waals surface area contributed by atoms with Gasteiger partial charge in [-0.2, -0.15) is 0 Å². The number of hydrogen-bond donors (Lipinski definition) is 1. The van der Waals surface area contributed by atoms with E-state index < -0.39 is 0 Å². The zero-order chi connectivity index (χ0) is 11.8. The maximum atomic E-state index is 10.5. The van der Waals surface area contributed by atoms with Gasteiger partial charge in [-0.05, 0) is 0 Å². The Bertz CT molecular complexity index is 428. The molecule has 3 heteroatoms. The topological polar surface area (TPSA) is 17.1 Å². The summed E-state index contributed by atoms with van der Waals surface area (Å²) >= 11 is 5.00. The Hall–Kier alpha value is -0.657. The summed E-state index contributed by atoms with van der Waals surface area (Å²) in [5.41, 5.74) is 0.640. The van der Waals surface area contributed by atoms with Gasteiger partial charge in [0.2, 0.25) is 5.12 Å². The molecule has 0 aliphatic heterocycles. The molecule has 0 aliphatic rings. The third-order valence-corrected chi connectivity index (χ3v) is 3.19. The summed E-state index contributed by atoms with van der Waals surface area (Å²) in [6.45, 7) is 0. The van der Waals surface area contributed by atoms with E-state index in [4.69, 9.17) is 0 Å². The van der Waals surface area contributed by atoms with Crippen LogP contribution in [0.5, 0.6) is 0 Å². The van der Waals surface area contributed by atoms with E-state index in [0.717, 1.165) is 0 Å². The van der Waals surface area contributed by atoms with Gasteiger partial charge in [0.15, 0.2) is 0 Å². The Morgan fingerprint density at radius 2 is 1.31 bits per heavy atom. The van der Waals surface area contributed by atoms with Gasteiger partial charge in [0.25, 0.3) is 0 Å². The molecule has 0 fully saturated rings. The van der Waals surface area contributed by atoms with E-state index in [1.54, 1.807) is 12.1 Å². The zero-order valence-corrected chi connectivity index (χ0v) is 12.9. The molecule has 0 heterocycles. The van der Waals surface area contributed by atoms with Crippen molar-refractivity contribution in [1.29, 1.82) is 0 Å². The van der Waals surface area contributed by atoms with Crippen LogP contribution in [0.15, 0.2) is 60.7 Å². The first-order valence-corrected chi connectivity index (χ1v) is 6.91. The first-order valence-electron chi connectivity index (χ1n) is 4.72. The van der Waals surface area contributed by atoms with E-state index in [1.165, 1.54) is 28.0 Å². The SMILES string of the molecule is O=C(S)c1ccccc1.[Bi+2][c]1ccccc1. The molecular weight excluding hydrogens is 413 g/mol. The molecule has 16 heavy (non-hydrogen) atoms. The van der Waals surface area contributed by atoms with Crippen LogP contribution in [-0.2, 0) is 0 Å². The van der Waals surface area contributed by atoms with Crippen LogP contribution in [0.25, 0.3) is 0 Å². The number of hydrogen-bond acceptors (Lipinski definition) is 1. The van der Waals surface area contributed by atoms with Gasteiger partial charge in [-0.1, -0.05) is 30.3 Å². The molecule has 78 valence electrons. The monoisotopic (exact) mass is 424 g/mol. The quantitative estimate of drug-likeness (QED) is 0.549. The van der Waals surface area contributed by atoms with Crippen LogP contribution in [0.2, 0.25) is 0 Å². The molecule has 0 N–H and O–H groups in total. The van der Waals surface area contributed by atoms with Gasteiger partial charge >= 0.3 is 58.3 Å². The minimum atomic E-state index is -0.185. The Labute approximate surface area is 116 Å². The molecule has 0 aliphatic carbocycles. The van der Waals surface area contributed by atoms with Crippen LogP contribution in [0.4, 0.5) is 0 Å². The van der Waals surface area contributed by atoms with Crippen LogP contribution >= 0.6 is 12.6 Å². The molecule has 0 bridgehead atoms. The van der Waals surface area contributed by atoms with Crippen molar-refractivity contribution < 1.29 is 4.79 Å². The van der Waals surface area contributed by atoms with Crippen LogP contribution in [0, 0.1) is 0 Å². The second-order valence-corrected chi connectivity index (χ2v) is 5.42. The van der Waals surface area contributed by atoms with Crippen molar-refractivity contribution in [3.8, 4) is 0 Å². The van der Waals surface area contributed by atoms with Crippen LogP contribution < -0.4 is 3.27 Å². The van der Waals surface area contributed by atoms with E-state index in [1.807, 2.05) is 24.3 Å². The molecule has 0 saturated heterocycles. The third-order valence-electron chi connectivity index (χ3n) is 1.78. The molecule has 0 amide bonds. The minimum absolute atomic E-state index is 0.185. The number of carbonyl (C=O) groups is 1. The molecular formula is C13H11BiOS+2. The molecule has 2 radical (unpaired) electrons. The molecule has 0 atom stereocenters. The Morgan fingerprint density at radius 3 is 1.56 bits per heavy atom. The van der Waals surface area contributed by atoms with Gasteiger partial charge in [0.1, 0.15) is 0 Å². The van der Waals surface area contributed by atoms with Crippen molar-refractivity contribution in [1.82, 2.24) is 0 Å². The summed E-state index contributed by atoms with van der Waals surface area (Å²) in [6.07, 6.45) is 0. The molecule has 0 spiro atoms. The summed E-state index contributed by atoms with van der Waals surface area (Å²) in [7, 11) is 0. The maximum absolute atomic E-state index is 10.5. The van der Waals surface area contributed by atoms with E-state index in [9.17, 15) is 4.79 Å². The van der Waals surface area contributed by atoms with E-state index in [0.29, 0.717) is 5.56 Å². The number of thiol groups is 1. The van der Waals surface area contributed by atoms with Crippen molar-refractivity contribution in [2.45, 2.75) is 0 Å². The molecule has 0 saturated carbocycles. The first-order chi connectivity index (χ1) is 7.70. The Balaban J connectivity index is 0.000000165. The van der Waals surface area contributed by atoms with Crippen LogP contribution in [-0.4, -0.2) is 29.8 Å². The van der Waals surface area contributed by atoms with Gasteiger partial charge in [0, 0.05) is 5.56 Å². The zero-order valence-electron chi connectivity index (χ0n) is 8.58. The molecule has 1 nitrogen and oxygen atoms in total. The van der Waals surface area contributed by atoms with Crippen LogP contribution in [0.1, 0.15) is 10.4 Å². The van der Waals surface area contributed by atoms with Gasteiger partial charge < -0.3 is 0 Å². The van der Waals surface area contributed by atoms with Crippen LogP contribution in [0.3, 0.4) is 0 Å². The summed E-state index contributed by atoms with van der Waals surface area (Å²) in [5.74, 6) is 0. The van der Waals surface area contributed by atoms with Crippen molar-refractivity contribution in [3.63, 3.8) is 0 Å². The van der Waals surface area contributed by atoms with E-state index >= 15 is 0 Å². The number of carbonyl (C=O) groups excluding carboxylic acids is 1. The van der Waals surface area contributed by atoms with Crippen molar-refractivity contribution in [2.24, 2.45) is 0 Å². The van der Waals surface area contributed by atoms with Gasteiger partial charge in [0.05, 0.1) is 0 Å². The fourth-order valence-corrected chi connectivity index (χ4v) is 1.83. The predicted molar refractivity (Wildman–Crippen MR) is 71.6 cm³/mol. The van der Waals surface area contributed by atoms with E-state index in [-0.39, 0.29) is 5.12 Å². The predicted octanol–water partition coefficient (Wildman–Crippen LogP) is 2.24. The Kier molecular flexibility index (Phi) is 6.36.